The SMILES string of the molecule is C.COc1cc(C)n(C)c(=O)c1-c1ccc(C[C@H](NC(=O)c2c(F)cc(N3CCOC[C@@H]3C)cc2F)C(=O)O)c2ccccc12. The lowest BCUT2D eigenvalue weighted by atomic mass is 9.92. The summed E-state index contributed by atoms with van der Waals surface area (Å²) in [5.74, 6) is -4.34. The zero-order chi connectivity index (χ0) is 31.7. The van der Waals surface area contributed by atoms with E-state index in [1.165, 1.54) is 11.7 Å². The maximum atomic E-state index is 15.1. The summed E-state index contributed by atoms with van der Waals surface area (Å²) in [7, 11) is 3.15. The van der Waals surface area contributed by atoms with Crippen LogP contribution in [0.15, 0.2) is 59.4 Å². The van der Waals surface area contributed by atoms with Gasteiger partial charge in [-0.3, -0.25) is 9.59 Å². The Balaban J connectivity index is 0.00000461. The molecule has 1 amide bonds. The molecular weight excluding hydrogens is 584 g/mol. The van der Waals surface area contributed by atoms with Crippen LogP contribution in [0.25, 0.3) is 21.9 Å². The van der Waals surface area contributed by atoms with Crippen molar-refractivity contribution in [2.45, 2.75) is 39.8 Å². The third-order valence-electron chi connectivity index (χ3n) is 8.12. The Hall–Kier alpha value is -4.77. The van der Waals surface area contributed by atoms with Crippen LogP contribution in [-0.2, 0) is 23.0 Å². The third-order valence-corrected chi connectivity index (χ3v) is 8.12. The minimum absolute atomic E-state index is 0. The summed E-state index contributed by atoms with van der Waals surface area (Å²) in [5.41, 5.74) is 1.38. The van der Waals surface area contributed by atoms with E-state index in [0.29, 0.717) is 53.0 Å². The van der Waals surface area contributed by atoms with Crippen molar-refractivity contribution in [1.82, 2.24) is 9.88 Å². The number of rotatable bonds is 8. The van der Waals surface area contributed by atoms with Crippen molar-refractivity contribution in [2.75, 3.05) is 31.8 Å². The molecule has 238 valence electrons. The number of carboxylic acid groups (broad SMARTS) is 1. The first-order valence-electron chi connectivity index (χ1n) is 14.1. The molecular formula is C34H37F2N3O6. The third kappa shape index (κ3) is 6.39. The summed E-state index contributed by atoms with van der Waals surface area (Å²) in [6.45, 7) is 4.90. The molecule has 4 aromatic rings. The Morgan fingerprint density at radius 3 is 2.40 bits per heavy atom. The molecule has 2 atom stereocenters. The maximum Gasteiger partial charge on any atom is 0.326 e. The number of morpholine rings is 1. The van der Waals surface area contributed by atoms with Crippen molar-refractivity contribution in [3.63, 3.8) is 0 Å². The highest BCUT2D eigenvalue weighted by Gasteiger charge is 2.28. The molecule has 1 aliphatic heterocycles. The van der Waals surface area contributed by atoms with Crippen LogP contribution in [0.2, 0.25) is 0 Å². The molecule has 11 heteroatoms. The van der Waals surface area contributed by atoms with Gasteiger partial charge in [0.15, 0.2) is 0 Å². The van der Waals surface area contributed by atoms with Crippen molar-refractivity contribution in [2.24, 2.45) is 7.05 Å². The standard InChI is InChI=1S/C33H33F2N3O6.CH4/c1-18-13-28(43-4)29(32(40)37(18)3)24-10-9-20(22-7-5-6-8-23(22)24)14-27(33(41)42)36-31(39)30-25(34)15-21(16-26(30)35)38-11-12-44-17-19(38)2;/h5-10,13,15-16,19,27H,11-12,14,17H2,1-4H3,(H,36,39)(H,41,42);1H4/t19-,27-;/m0./s1. The number of nitrogens with one attached hydrogen (secondary N) is 1. The molecule has 0 spiro atoms. The van der Waals surface area contributed by atoms with Gasteiger partial charge in [0.25, 0.3) is 11.5 Å². The van der Waals surface area contributed by atoms with Crippen LogP contribution in [0.1, 0.15) is 36.0 Å². The average Bonchev–Trinajstić information content (AvgIpc) is 2.99. The van der Waals surface area contributed by atoms with Gasteiger partial charge in [0.2, 0.25) is 0 Å². The molecule has 0 aliphatic carbocycles. The molecule has 0 bridgehead atoms. The van der Waals surface area contributed by atoms with Gasteiger partial charge in [-0.15, -0.1) is 0 Å². The first-order chi connectivity index (χ1) is 21.0. The minimum atomic E-state index is -1.50. The molecule has 3 aromatic carbocycles. The van der Waals surface area contributed by atoms with Crippen molar-refractivity contribution in [3.05, 3.63) is 93.4 Å². The van der Waals surface area contributed by atoms with Gasteiger partial charge < -0.3 is 29.4 Å². The quantitative estimate of drug-likeness (QED) is 0.282. The van der Waals surface area contributed by atoms with Gasteiger partial charge in [-0.25, -0.2) is 13.6 Å². The summed E-state index contributed by atoms with van der Waals surface area (Å²) in [4.78, 5) is 40.4. The Bertz CT molecular complexity index is 1800. The van der Waals surface area contributed by atoms with E-state index < -0.39 is 35.1 Å². The van der Waals surface area contributed by atoms with E-state index in [0.717, 1.165) is 17.8 Å². The Kier molecular flexibility index (Phi) is 9.92. The lowest BCUT2D eigenvalue weighted by molar-refractivity contribution is -0.139. The molecule has 2 N–H and O–H groups in total. The lowest BCUT2D eigenvalue weighted by Crippen LogP contribution is -2.44. The Morgan fingerprint density at radius 2 is 1.78 bits per heavy atom. The first kappa shape index (κ1) is 33.1. The number of carbonyl (C=O) groups is 2. The lowest BCUT2D eigenvalue weighted by Gasteiger charge is -2.35. The second kappa shape index (κ2) is 13.5. The van der Waals surface area contributed by atoms with Gasteiger partial charge in [0.1, 0.15) is 29.0 Å². The predicted octanol–water partition coefficient (Wildman–Crippen LogP) is 5.09. The summed E-state index contributed by atoms with van der Waals surface area (Å²) in [5, 5.41) is 13.6. The van der Waals surface area contributed by atoms with Crippen molar-refractivity contribution >= 4 is 28.3 Å². The number of aryl methyl sites for hydroxylation is 1. The van der Waals surface area contributed by atoms with Gasteiger partial charge in [0.05, 0.1) is 25.9 Å². The smallest absolute Gasteiger partial charge is 0.326 e. The van der Waals surface area contributed by atoms with Crippen molar-refractivity contribution in [3.8, 4) is 16.9 Å². The molecule has 1 aromatic heterocycles. The number of halogens is 2. The fourth-order valence-electron chi connectivity index (χ4n) is 5.66. The number of amides is 1. The van der Waals surface area contributed by atoms with E-state index in [2.05, 4.69) is 5.32 Å². The zero-order valence-corrected chi connectivity index (χ0v) is 24.8. The number of benzene rings is 3. The second-order valence-corrected chi connectivity index (χ2v) is 10.9. The first-order valence-corrected chi connectivity index (χ1v) is 14.1. The van der Waals surface area contributed by atoms with Crippen LogP contribution >= 0.6 is 0 Å². The van der Waals surface area contributed by atoms with Gasteiger partial charge in [-0.05, 0) is 47.9 Å². The molecule has 1 aliphatic rings. The van der Waals surface area contributed by atoms with Gasteiger partial charge >= 0.3 is 5.97 Å². The highest BCUT2D eigenvalue weighted by Crippen LogP contribution is 2.35. The number of methoxy groups -OCH3 is 1. The predicted molar refractivity (Wildman–Crippen MR) is 169 cm³/mol. The van der Waals surface area contributed by atoms with Crippen LogP contribution in [0.5, 0.6) is 5.75 Å². The highest BCUT2D eigenvalue weighted by atomic mass is 19.1. The number of hydrogen-bond donors (Lipinski definition) is 2. The minimum Gasteiger partial charge on any atom is -0.496 e. The normalized spacial score (nSPS) is 15.3. The number of fused-ring (bicyclic) bond motifs is 1. The topological polar surface area (TPSA) is 110 Å². The summed E-state index contributed by atoms with van der Waals surface area (Å²) < 4.78 is 42.7. The van der Waals surface area contributed by atoms with E-state index in [4.69, 9.17) is 9.47 Å². The van der Waals surface area contributed by atoms with E-state index in [1.807, 2.05) is 13.0 Å². The molecule has 9 nitrogen and oxygen atoms in total. The monoisotopic (exact) mass is 621 g/mol. The van der Waals surface area contributed by atoms with Gasteiger partial charge in [-0.2, -0.15) is 0 Å². The Morgan fingerprint density at radius 1 is 1.11 bits per heavy atom. The molecule has 1 saturated heterocycles. The number of carbonyl (C=O) groups excluding carboxylic acids is 1. The fraction of sp³-hybridized carbons (Fsp3) is 0.324. The summed E-state index contributed by atoms with van der Waals surface area (Å²) in [6.07, 6.45) is -0.183. The Labute approximate surface area is 260 Å². The van der Waals surface area contributed by atoms with E-state index in [9.17, 15) is 19.5 Å². The zero-order valence-electron chi connectivity index (χ0n) is 24.8. The number of hydrogen-bond acceptors (Lipinski definition) is 6. The van der Waals surface area contributed by atoms with E-state index >= 15 is 8.78 Å². The van der Waals surface area contributed by atoms with Gasteiger partial charge in [-0.1, -0.05) is 43.8 Å². The van der Waals surface area contributed by atoms with Crippen LogP contribution in [0.4, 0.5) is 14.5 Å². The van der Waals surface area contributed by atoms with Crippen LogP contribution in [-0.4, -0.2) is 60.5 Å². The molecule has 5 rings (SSSR count). The fourth-order valence-corrected chi connectivity index (χ4v) is 5.66. The van der Waals surface area contributed by atoms with Crippen molar-refractivity contribution in [1.29, 1.82) is 0 Å². The molecule has 0 radical (unpaired) electrons. The van der Waals surface area contributed by atoms with E-state index in [-0.39, 0.29) is 31.1 Å². The van der Waals surface area contributed by atoms with Crippen molar-refractivity contribution < 1.29 is 33.0 Å². The second-order valence-electron chi connectivity index (χ2n) is 10.9. The number of anilines is 1. The number of carboxylic acids is 1. The van der Waals surface area contributed by atoms with Crippen LogP contribution < -0.4 is 20.5 Å². The number of aliphatic carboxylic acids is 1. The number of ether oxygens (including phenoxy) is 2. The number of aromatic nitrogens is 1. The number of nitrogens with zero attached hydrogens (tertiary/aromatic N) is 2. The number of pyridine rings is 1. The van der Waals surface area contributed by atoms with Crippen LogP contribution in [0, 0.1) is 18.6 Å². The molecule has 0 saturated carbocycles. The molecule has 0 unspecified atom stereocenters. The summed E-state index contributed by atoms with van der Waals surface area (Å²) >= 11 is 0. The molecule has 1 fully saturated rings. The van der Waals surface area contributed by atoms with E-state index in [1.54, 1.807) is 55.3 Å². The van der Waals surface area contributed by atoms with Gasteiger partial charge in [0, 0.05) is 43.5 Å². The average molecular weight is 622 g/mol. The maximum absolute atomic E-state index is 15.1. The molecule has 2 heterocycles. The highest BCUT2D eigenvalue weighted by molar-refractivity contribution is 6.00. The largest absolute Gasteiger partial charge is 0.496 e. The molecule has 45 heavy (non-hydrogen) atoms. The van der Waals surface area contributed by atoms with Crippen LogP contribution in [0.3, 0.4) is 0 Å². The summed E-state index contributed by atoms with van der Waals surface area (Å²) in [6, 6.07) is 12.8.